The molecule has 2 N–H and O–H groups in total. The molecule has 1 aromatic heterocycles. The molecule has 3 aromatic rings. The SMILES string of the molecule is COc1ccc2c(c1)-c1nc(Nc3cccc(C(=O)O)c3)ncc1CC2(C)C. The molecule has 0 saturated carbocycles. The number of aromatic nitrogens is 2. The molecule has 4 rings (SSSR count). The van der Waals surface area contributed by atoms with E-state index in [0.717, 1.165) is 29.0 Å². The number of rotatable bonds is 4. The highest BCUT2D eigenvalue weighted by molar-refractivity contribution is 5.89. The van der Waals surface area contributed by atoms with Gasteiger partial charge in [-0.25, -0.2) is 14.8 Å². The summed E-state index contributed by atoms with van der Waals surface area (Å²) in [6.45, 7) is 4.43. The fraction of sp³-hybridized carbons (Fsp3) is 0.227. The molecule has 0 bridgehead atoms. The predicted molar refractivity (Wildman–Crippen MR) is 107 cm³/mol. The number of carboxylic acid groups (broad SMARTS) is 1. The molecule has 6 heteroatoms. The summed E-state index contributed by atoms with van der Waals surface area (Å²) < 4.78 is 5.41. The van der Waals surface area contributed by atoms with Crippen LogP contribution in [0.2, 0.25) is 0 Å². The van der Waals surface area contributed by atoms with Crippen LogP contribution in [0.4, 0.5) is 11.6 Å². The molecule has 0 spiro atoms. The van der Waals surface area contributed by atoms with E-state index in [1.165, 1.54) is 5.56 Å². The summed E-state index contributed by atoms with van der Waals surface area (Å²) in [5, 5.41) is 12.3. The van der Waals surface area contributed by atoms with Gasteiger partial charge in [-0.1, -0.05) is 26.0 Å². The summed E-state index contributed by atoms with van der Waals surface area (Å²) in [7, 11) is 1.65. The van der Waals surface area contributed by atoms with Crippen molar-refractivity contribution in [1.82, 2.24) is 9.97 Å². The molecule has 1 heterocycles. The molecule has 0 atom stereocenters. The lowest BCUT2D eigenvalue weighted by Crippen LogP contribution is -2.26. The molecule has 142 valence electrons. The fourth-order valence-electron chi connectivity index (χ4n) is 3.70. The van der Waals surface area contributed by atoms with Crippen molar-refractivity contribution in [3.05, 3.63) is 65.4 Å². The highest BCUT2D eigenvalue weighted by atomic mass is 16.5. The van der Waals surface area contributed by atoms with Crippen LogP contribution in [0.1, 0.15) is 35.3 Å². The van der Waals surface area contributed by atoms with Crippen LogP contribution in [0, 0.1) is 0 Å². The maximum Gasteiger partial charge on any atom is 0.335 e. The molecule has 1 aliphatic rings. The van der Waals surface area contributed by atoms with E-state index in [2.05, 4.69) is 30.2 Å². The quantitative estimate of drug-likeness (QED) is 0.702. The zero-order valence-electron chi connectivity index (χ0n) is 16.0. The first-order chi connectivity index (χ1) is 13.4. The lowest BCUT2D eigenvalue weighted by molar-refractivity contribution is 0.0697. The number of hydrogen-bond donors (Lipinski definition) is 2. The minimum absolute atomic E-state index is 0.0251. The fourth-order valence-corrected chi connectivity index (χ4v) is 3.70. The number of nitrogens with zero attached hydrogens (tertiary/aromatic N) is 2. The van der Waals surface area contributed by atoms with Gasteiger partial charge in [-0.3, -0.25) is 0 Å². The van der Waals surface area contributed by atoms with Gasteiger partial charge in [0.15, 0.2) is 0 Å². The van der Waals surface area contributed by atoms with Crippen LogP contribution in [0.15, 0.2) is 48.7 Å². The molecule has 28 heavy (non-hydrogen) atoms. The number of carboxylic acids is 1. The normalized spacial score (nSPS) is 14.0. The summed E-state index contributed by atoms with van der Waals surface area (Å²) in [6.07, 6.45) is 2.69. The average Bonchev–Trinajstić information content (AvgIpc) is 2.68. The molecule has 2 aromatic carbocycles. The van der Waals surface area contributed by atoms with Crippen molar-refractivity contribution in [3.8, 4) is 17.0 Å². The summed E-state index contributed by atoms with van der Waals surface area (Å²) in [5.74, 6) is 0.234. The molecule has 6 nitrogen and oxygen atoms in total. The highest BCUT2D eigenvalue weighted by Gasteiger charge is 2.32. The second kappa shape index (κ2) is 6.64. The molecule has 0 unspecified atom stereocenters. The van der Waals surface area contributed by atoms with Gasteiger partial charge in [0.25, 0.3) is 0 Å². The van der Waals surface area contributed by atoms with Gasteiger partial charge in [0.2, 0.25) is 5.95 Å². The Morgan fingerprint density at radius 3 is 2.79 bits per heavy atom. The van der Waals surface area contributed by atoms with Crippen molar-refractivity contribution in [2.75, 3.05) is 12.4 Å². The van der Waals surface area contributed by atoms with Gasteiger partial charge in [0, 0.05) is 17.4 Å². The smallest absolute Gasteiger partial charge is 0.335 e. The van der Waals surface area contributed by atoms with Crippen molar-refractivity contribution >= 4 is 17.6 Å². The topological polar surface area (TPSA) is 84.3 Å². The van der Waals surface area contributed by atoms with Crippen LogP contribution in [0.3, 0.4) is 0 Å². The minimum Gasteiger partial charge on any atom is -0.497 e. The van der Waals surface area contributed by atoms with E-state index in [4.69, 9.17) is 9.72 Å². The van der Waals surface area contributed by atoms with E-state index in [0.29, 0.717) is 11.6 Å². The average molecular weight is 375 g/mol. The van der Waals surface area contributed by atoms with Gasteiger partial charge in [-0.2, -0.15) is 0 Å². The molecule has 0 fully saturated rings. The van der Waals surface area contributed by atoms with E-state index >= 15 is 0 Å². The van der Waals surface area contributed by atoms with E-state index in [1.807, 2.05) is 18.3 Å². The number of hydrogen-bond acceptors (Lipinski definition) is 5. The van der Waals surface area contributed by atoms with Crippen molar-refractivity contribution in [2.24, 2.45) is 0 Å². The first kappa shape index (κ1) is 18.0. The van der Waals surface area contributed by atoms with E-state index in [-0.39, 0.29) is 11.0 Å². The number of benzene rings is 2. The van der Waals surface area contributed by atoms with E-state index in [1.54, 1.807) is 31.4 Å². The third kappa shape index (κ3) is 3.17. The van der Waals surface area contributed by atoms with Crippen LogP contribution in [-0.2, 0) is 11.8 Å². The summed E-state index contributed by atoms with van der Waals surface area (Å²) in [5.41, 5.74) is 5.02. The summed E-state index contributed by atoms with van der Waals surface area (Å²) >= 11 is 0. The molecule has 0 amide bonds. The zero-order valence-corrected chi connectivity index (χ0v) is 16.0. The number of aromatic carboxylic acids is 1. The number of fused-ring (bicyclic) bond motifs is 3. The Balaban J connectivity index is 1.76. The first-order valence-electron chi connectivity index (χ1n) is 9.02. The predicted octanol–water partition coefficient (Wildman–Crippen LogP) is 4.43. The standard InChI is InChI=1S/C22H21N3O3/c1-22(2)11-14-12-23-21(24-15-6-4-5-13(9-15)20(26)27)25-19(14)17-10-16(28-3)7-8-18(17)22/h4-10,12H,11H2,1-3H3,(H,26,27)(H,23,24,25). The monoisotopic (exact) mass is 375 g/mol. The number of methoxy groups -OCH3 is 1. The zero-order chi connectivity index (χ0) is 19.9. The third-order valence-electron chi connectivity index (χ3n) is 5.07. The van der Waals surface area contributed by atoms with Crippen LogP contribution < -0.4 is 10.1 Å². The molecule has 0 radical (unpaired) electrons. The van der Waals surface area contributed by atoms with Gasteiger partial charge < -0.3 is 15.2 Å². The van der Waals surface area contributed by atoms with E-state index < -0.39 is 5.97 Å². The largest absolute Gasteiger partial charge is 0.497 e. The lowest BCUT2D eigenvalue weighted by atomic mass is 9.72. The Morgan fingerprint density at radius 1 is 1.21 bits per heavy atom. The maximum atomic E-state index is 11.2. The minimum atomic E-state index is -0.974. The third-order valence-corrected chi connectivity index (χ3v) is 5.07. The van der Waals surface area contributed by atoms with Crippen molar-refractivity contribution in [3.63, 3.8) is 0 Å². The van der Waals surface area contributed by atoms with Crippen molar-refractivity contribution in [2.45, 2.75) is 25.7 Å². The number of ether oxygens (including phenoxy) is 1. The Kier molecular flexibility index (Phi) is 4.26. The molecule has 1 aliphatic carbocycles. The lowest BCUT2D eigenvalue weighted by Gasteiger charge is -2.33. The summed E-state index contributed by atoms with van der Waals surface area (Å²) in [6, 6.07) is 12.7. The van der Waals surface area contributed by atoms with Gasteiger partial charge in [-0.15, -0.1) is 0 Å². The molecule has 0 saturated heterocycles. The Labute approximate surface area is 163 Å². The van der Waals surface area contributed by atoms with Gasteiger partial charge in [0.05, 0.1) is 18.4 Å². The van der Waals surface area contributed by atoms with Crippen molar-refractivity contribution in [1.29, 1.82) is 0 Å². The number of carbonyl (C=O) groups is 1. The van der Waals surface area contributed by atoms with Crippen molar-refractivity contribution < 1.29 is 14.6 Å². The Bertz CT molecular complexity index is 1080. The summed E-state index contributed by atoms with van der Waals surface area (Å²) in [4.78, 5) is 20.4. The highest BCUT2D eigenvalue weighted by Crippen LogP contribution is 2.43. The van der Waals surface area contributed by atoms with Crippen LogP contribution in [0.5, 0.6) is 5.75 Å². The number of anilines is 2. The van der Waals surface area contributed by atoms with Crippen LogP contribution in [-0.4, -0.2) is 28.2 Å². The second-order valence-corrected chi connectivity index (χ2v) is 7.55. The van der Waals surface area contributed by atoms with Gasteiger partial charge >= 0.3 is 5.97 Å². The maximum absolute atomic E-state index is 11.2. The molecular formula is C22H21N3O3. The Hall–Kier alpha value is -3.41. The molecule has 0 aliphatic heterocycles. The Morgan fingerprint density at radius 2 is 2.04 bits per heavy atom. The van der Waals surface area contributed by atoms with Gasteiger partial charge in [-0.05, 0) is 53.3 Å². The van der Waals surface area contributed by atoms with E-state index in [9.17, 15) is 9.90 Å². The first-order valence-corrected chi connectivity index (χ1v) is 9.02. The van der Waals surface area contributed by atoms with Gasteiger partial charge in [0.1, 0.15) is 5.75 Å². The van der Waals surface area contributed by atoms with Crippen LogP contribution >= 0.6 is 0 Å². The van der Waals surface area contributed by atoms with Crippen LogP contribution in [0.25, 0.3) is 11.3 Å². The second-order valence-electron chi connectivity index (χ2n) is 7.55. The number of nitrogens with one attached hydrogen (secondary N) is 1. The molecular weight excluding hydrogens is 354 g/mol.